The molecular formula is C14H17ClN2O. The molecule has 0 saturated carbocycles. The second kappa shape index (κ2) is 5.11. The number of carbonyl (C=O) groups is 1. The van der Waals surface area contributed by atoms with E-state index in [1.807, 2.05) is 45.0 Å². The van der Waals surface area contributed by atoms with E-state index in [4.69, 9.17) is 11.6 Å². The number of hydrogen-bond donors (Lipinski definition) is 0. The van der Waals surface area contributed by atoms with Crippen LogP contribution in [0.3, 0.4) is 0 Å². The minimum absolute atomic E-state index is 0.0719. The van der Waals surface area contributed by atoms with E-state index in [0.717, 1.165) is 11.3 Å². The SMILES string of the molecule is CC1=NN(Cc2ccc(Cl)cc2)C(=O)C1C(C)C. The lowest BCUT2D eigenvalue weighted by molar-refractivity contribution is -0.133. The zero-order valence-electron chi connectivity index (χ0n) is 10.9. The summed E-state index contributed by atoms with van der Waals surface area (Å²) in [4.78, 5) is 12.2. The highest BCUT2D eigenvalue weighted by Crippen LogP contribution is 2.24. The van der Waals surface area contributed by atoms with Gasteiger partial charge in [0.25, 0.3) is 5.91 Å². The average molecular weight is 265 g/mol. The Bertz CT molecular complexity index is 479. The number of rotatable bonds is 3. The Labute approximate surface area is 112 Å². The van der Waals surface area contributed by atoms with Crippen LogP contribution in [0.25, 0.3) is 0 Å². The molecule has 2 rings (SSSR count). The number of halogens is 1. The number of nitrogens with zero attached hydrogens (tertiary/aromatic N) is 2. The lowest BCUT2D eigenvalue weighted by atomic mass is 9.92. The number of amides is 1. The Morgan fingerprint density at radius 1 is 1.33 bits per heavy atom. The van der Waals surface area contributed by atoms with Gasteiger partial charge in [0.15, 0.2) is 0 Å². The number of carbonyl (C=O) groups excluding carboxylic acids is 1. The van der Waals surface area contributed by atoms with Gasteiger partial charge in [-0.2, -0.15) is 5.10 Å². The summed E-state index contributed by atoms with van der Waals surface area (Å²) in [5, 5.41) is 6.62. The first-order chi connectivity index (χ1) is 8.49. The van der Waals surface area contributed by atoms with Crippen LogP contribution < -0.4 is 0 Å². The fraction of sp³-hybridized carbons (Fsp3) is 0.429. The molecule has 0 aromatic heterocycles. The molecule has 0 N–H and O–H groups in total. The lowest BCUT2D eigenvalue weighted by Crippen LogP contribution is -2.30. The van der Waals surface area contributed by atoms with Gasteiger partial charge in [-0.25, -0.2) is 5.01 Å². The van der Waals surface area contributed by atoms with Crippen LogP contribution in [0.15, 0.2) is 29.4 Å². The Kier molecular flexibility index (Phi) is 3.71. The molecule has 1 amide bonds. The van der Waals surface area contributed by atoms with Gasteiger partial charge in [0.05, 0.1) is 12.5 Å². The zero-order chi connectivity index (χ0) is 13.3. The van der Waals surface area contributed by atoms with Gasteiger partial charge < -0.3 is 0 Å². The van der Waals surface area contributed by atoms with E-state index in [9.17, 15) is 4.79 Å². The third-order valence-electron chi connectivity index (χ3n) is 3.16. The Morgan fingerprint density at radius 3 is 2.44 bits per heavy atom. The molecule has 1 unspecified atom stereocenters. The molecule has 0 radical (unpaired) electrons. The van der Waals surface area contributed by atoms with Crippen molar-refractivity contribution in [3.8, 4) is 0 Å². The molecule has 4 heteroatoms. The minimum Gasteiger partial charge on any atom is -0.272 e. The summed E-state index contributed by atoms with van der Waals surface area (Å²) >= 11 is 5.84. The highest BCUT2D eigenvalue weighted by molar-refractivity contribution is 6.30. The number of benzene rings is 1. The van der Waals surface area contributed by atoms with Crippen LogP contribution in [0.4, 0.5) is 0 Å². The van der Waals surface area contributed by atoms with Crippen LogP contribution in [0.5, 0.6) is 0 Å². The van der Waals surface area contributed by atoms with Gasteiger partial charge in [-0.3, -0.25) is 4.79 Å². The fourth-order valence-electron chi connectivity index (χ4n) is 2.28. The van der Waals surface area contributed by atoms with Gasteiger partial charge in [-0.15, -0.1) is 0 Å². The molecule has 1 aromatic carbocycles. The van der Waals surface area contributed by atoms with Crippen molar-refractivity contribution in [3.05, 3.63) is 34.9 Å². The maximum atomic E-state index is 12.2. The van der Waals surface area contributed by atoms with Crippen molar-refractivity contribution in [2.24, 2.45) is 16.9 Å². The van der Waals surface area contributed by atoms with E-state index in [0.29, 0.717) is 11.6 Å². The summed E-state index contributed by atoms with van der Waals surface area (Å²) in [6, 6.07) is 7.49. The van der Waals surface area contributed by atoms with Gasteiger partial charge in [-0.1, -0.05) is 37.6 Å². The fourth-order valence-corrected chi connectivity index (χ4v) is 2.41. The van der Waals surface area contributed by atoms with Crippen molar-refractivity contribution in [1.82, 2.24) is 5.01 Å². The molecule has 1 aromatic rings. The lowest BCUT2D eigenvalue weighted by Gasteiger charge is -2.16. The predicted molar refractivity (Wildman–Crippen MR) is 73.4 cm³/mol. The molecule has 1 atom stereocenters. The number of hydrazone groups is 1. The van der Waals surface area contributed by atoms with Crippen molar-refractivity contribution in [2.45, 2.75) is 27.3 Å². The Hall–Kier alpha value is -1.35. The van der Waals surface area contributed by atoms with Crippen LogP contribution in [0, 0.1) is 11.8 Å². The van der Waals surface area contributed by atoms with Crippen LogP contribution in [-0.2, 0) is 11.3 Å². The third kappa shape index (κ3) is 2.56. The molecule has 0 bridgehead atoms. The van der Waals surface area contributed by atoms with E-state index < -0.39 is 0 Å². The maximum Gasteiger partial charge on any atom is 0.252 e. The molecule has 1 aliphatic heterocycles. The molecule has 0 spiro atoms. The molecule has 1 heterocycles. The summed E-state index contributed by atoms with van der Waals surface area (Å²) in [5.41, 5.74) is 1.94. The molecule has 96 valence electrons. The summed E-state index contributed by atoms with van der Waals surface area (Å²) in [7, 11) is 0. The van der Waals surface area contributed by atoms with Crippen LogP contribution >= 0.6 is 11.6 Å². The maximum absolute atomic E-state index is 12.2. The molecule has 3 nitrogen and oxygen atoms in total. The van der Waals surface area contributed by atoms with E-state index in [-0.39, 0.29) is 17.7 Å². The third-order valence-corrected chi connectivity index (χ3v) is 3.41. The van der Waals surface area contributed by atoms with Crippen LogP contribution in [-0.4, -0.2) is 16.6 Å². The van der Waals surface area contributed by atoms with E-state index >= 15 is 0 Å². The monoisotopic (exact) mass is 264 g/mol. The molecule has 18 heavy (non-hydrogen) atoms. The average Bonchev–Trinajstić information content (AvgIpc) is 2.57. The van der Waals surface area contributed by atoms with Gasteiger partial charge in [0, 0.05) is 10.7 Å². The van der Waals surface area contributed by atoms with Crippen molar-refractivity contribution < 1.29 is 4.79 Å². The first-order valence-corrected chi connectivity index (χ1v) is 6.47. The van der Waals surface area contributed by atoms with Crippen molar-refractivity contribution in [2.75, 3.05) is 0 Å². The predicted octanol–water partition coefficient (Wildman–Crippen LogP) is 3.33. The summed E-state index contributed by atoms with van der Waals surface area (Å²) < 4.78 is 0. The largest absolute Gasteiger partial charge is 0.272 e. The van der Waals surface area contributed by atoms with Gasteiger partial charge in [0.2, 0.25) is 0 Å². The summed E-state index contributed by atoms with van der Waals surface area (Å²) in [6.07, 6.45) is 0. The second-order valence-corrected chi connectivity index (χ2v) is 5.42. The molecule has 0 fully saturated rings. The van der Waals surface area contributed by atoms with Crippen LogP contribution in [0.2, 0.25) is 5.02 Å². The van der Waals surface area contributed by atoms with E-state index in [2.05, 4.69) is 5.10 Å². The first kappa shape index (κ1) is 13.1. The Balaban J connectivity index is 2.12. The quantitative estimate of drug-likeness (QED) is 0.824. The van der Waals surface area contributed by atoms with Crippen molar-refractivity contribution in [1.29, 1.82) is 0 Å². The smallest absolute Gasteiger partial charge is 0.252 e. The Morgan fingerprint density at radius 2 is 1.94 bits per heavy atom. The minimum atomic E-state index is -0.0719. The summed E-state index contributed by atoms with van der Waals surface area (Å²) in [5.74, 6) is 0.311. The van der Waals surface area contributed by atoms with Gasteiger partial charge in [0.1, 0.15) is 0 Å². The normalized spacial score (nSPS) is 19.6. The van der Waals surface area contributed by atoms with Gasteiger partial charge in [-0.05, 0) is 30.5 Å². The highest BCUT2D eigenvalue weighted by Gasteiger charge is 2.35. The zero-order valence-corrected chi connectivity index (χ0v) is 11.6. The first-order valence-electron chi connectivity index (χ1n) is 6.10. The topological polar surface area (TPSA) is 32.7 Å². The second-order valence-electron chi connectivity index (χ2n) is 4.99. The summed E-state index contributed by atoms with van der Waals surface area (Å²) in [6.45, 7) is 6.53. The van der Waals surface area contributed by atoms with Crippen molar-refractivity contribution >= 4 is 23.2 Å². The van der Waals surface area contributed by atoms with E-state index in [1.165, 1.54) is 0 Å². The van der Waals surface area contributed by atoms with Crippen molar-refractivity contribution in [3.63, 3.8) is 0 Å². The molecular weight excluding hydrogens is 248 g/mol. The standard InChI is InChI=1S/C14H17ClN2O/c1-9(2)13-10(3)16-17(14(13)18)8-11-4-6-12(15)7-5-11/h4-7,9,13H,8H2,1-3H3. The van der Waals surface area contributed by atoms with E-state index in [1.54, 1.807) is 5.01 Å². The van der Waals surface area contributed by atoms with Crippen LogP contribution in [0.1, 0.15) is 26.3 Å². The molecule has 0 aliphatic carbocycles. The molecule has 0 saturated heterocycles. The number of hydrogen-bond acceptors (Lipinski definition) is 2. The molecule has 1 aliphatic rings. The van der Waals surface area contributed by atoms with Gasteiger partial charge >= 0.3 is 0 Å². The highest BCUT2D eigenvalue weighted by atomic mass is 35.5.